The van der Waals surface area contributed by atoms with E-state index in [1.54, 1.807) is 13.0 Å². The second-order valence-electron chi connectivity index (χ2n) is 6.04. The summed E-state index contributed by atoms with van der Waals surface area (Å²) < 4.78 is 34.0. The van der Waals surface area contributed by atoms with Crippen LogP contribution in [0.1, 0.15) is 28.4 Å². The maximum atomic E-state index is 13.8. The average molecular weight is 357 g/mol. The molecule has 2 aromatic carbocycles. The van der Waals surface area contributed by atoms with E-state index in [0.29, 0.717) is 5.69 Å². The number of carbonyl (C=O) groups is 1. The summed E-state index contributed by atoms with van der Waals surface area (Å²) in [5.41, 5.74) is 1.78. The maximum Gasteiger partial charge on any atom is 0.343 e. The number of aryl methyl sites for hydroxylation is 2. The summed E-state index contributed by atoms with van der Waals surface area (Å²) in [6.45, 7) is 5.50. The minimum Gasteiger partial charge on any atom is -0.462 e. The molecule has 0 spiro atoms. The Morgan fingerprint density at radius 2 is 1.81 bits per heavy atom. The average Bonchev–Trinajstić information content (AvgIpc) is 2.58. The van der Waals surface area contributed by atoms with Crippen molar-refractivity contribution in [2.24, 2.45) is 0 Å². The molecule has 0 amide bonds. The monoisotopic (exact) mass is 357 g/mol. The Morgan fingerprint density at radius 1 is 1.12 bits per heavy atom. The van der Waals surface area contributed by atoms with Crippen molar-refractivity contribution >= 4 is 16.9 Å². The molecule has 0 saturated heterocycles. The number of carbonyl (C=O) groups excluding carboxylic acids is 1. The molecule has 0 fully saturated rings. The van der Waals surface area contributed by atoms with Crippen molar-refractivity contribution < 1.29 is 18.3 Å². The van der Waals surface area contributed by atoms with Crippen molar-refractivity contribution in [3.63, 3.8) is 0 Å². The van der Waals surface area contributed by atoms with E-state index < -0.39 is 23.0 Å². The predicted octanol–water partition coefficient (Wildman–Crippen LogP) is 4.06. The van der Waals surface area contributed by atoms with Gasteiger partial charge in [0.2, 0.25) is 5.43 Å². The number of benzene rings is 2. The van der Waals surface area contributed by atoms with Gasteiger partial charge in [0.1, 0.15) is 5.56 Å². The van der Waals surface area contributed by atoms with E-state index in [2.05, 4.69) is 0 Å². The van der Waals surface area contributed by atoms with Crippen molar-refractivity contribution in [1.29, 1.82) is 0 Å². The fraction of sp³-hybridized carbons (Fsp3) is 0.200. The first kappa shape index (κ1) is 17.8. The van der Waals surface area contributed by atoms with Crippen LogP contribution in [0.4, 0.5) is 8.78 Å². The normalized spacial score (nSPS) is 11.0. The number of aromatic nitrogens is 1. The number of fused-ring (bicyclic) bond motifs is 1. The smallest absolute Gasteiger partial charge is 0.343 e. The molecule has 0 atom stereocenters. The standard InChI is InChI=1S/C20H17F2NO3/c1-4-26-20(25)14-10-23(17-6-5-11(2)7-12(17)3)18-9-16(22)15(21)8-13(18)19(14)24/h5-10H,4H2,1-3H3. The molecule has 134 valence electrons. The molecule has 4 nitrogen and oxygen atoms in total. The SMILES string of the molecule is CCOC(=O)c1cn(-c2ccc(C)cc2C)c2cc(F)c(F)cc2c1=O. The second kappa shape index (κ2) is 6.71. The summed E-state index contributed by atoms with van der Waals surface area (Å²) in [4.78, 5) is 24.8. The molecule has 0 saturated carbocycles. The zero-order valence-corrected chi connectivity index (χ0v) is 14.6. The molecule has 0 N–H and O–H groups in total. The maximum absolute atomic E-state index is 13.8. The zero-order chi connectivity index (χ0) is 19.0. The molecule has 3 rings (SSSR count). The van der Waals surface area contributed by atoms with Gasteiger partial charge < -0.3 is 9.30 Å². The number of hydrogen-bond acceptors (Lipinski definition) is 3. The molecule has 1 heterocycles. The Labute approximate surface area is 148 Å². The molecular weight excluding hydrogens is 340 g/mol. The van der Waals surface area contributed by atoms with Crippen LogP contribution in [-0.4, -0.2) is 17.1 Å². The van der Waals surface area contributed by atoms with Crippen LogP contribution in [0, 0.1) is 25.5 Å². The van der Waals surface area contributed by atoms with E-state index in [9.17, 15) is 18.4 Å². The highest BCUT2D eigenvalue weighted by atomic mass is 19.2. The summed E-state index contributed by atoms with van der Waals surface area (Å²) in [6, 6.07) is 7.35. The molecule has 0 aliphatic rings. The summed E-state index contributed by atoms with van der Waals surface area (Å²) in [7, 11) is 0. The van der Waals surface area contributed by atoms with Crippen molar-refractivity contribution in [2.45, 2.75) is 20.8 Å². The van der Waals surface area contributed by atoms with E-state index in [4.69, 9.17) is 4.74 Å². The van der Waals surface area contributed by atoms with Crippen molar-refractivity contribution in [1.82, 2.24) is 4.57 Å². The van der Waals surface area contributed by atoms with Gasteiger partial charge in [0, 0.05) is 18.0 Å². The predicted molar refractivity (Wildman–Crippen MR) is 94.9 cm³/mol. The lowest BCUT2D eigenvalue weighted by Crippen LogP contribution is -2.21. The molecule has 0 aliphatic heterocycles. The number of ether oxygens (including phenoxy) is 1. The lowest BCUT2D eigenvalue weighted by Gasteiger charge is -2.16. The van der Waals surface area contributed by atoms with E-state index >= 15 is 0 Å². The highest BCUT2D eigenvalue weighted by molar-refractivity contribution is 5.94. The zero-order valence-electron chi connectivity index (χ0n) is 14.6. The Balaban J connectivity index is 2.43. The molecule has 0 radical (unpaired) electrons. The fourth-order valence-electron chi connectivity index (χ4n) is 2.95. The van der Waals surface area contributed by atoms with Crippen LogP contribution in [0.5, 0.6) is 0 Å². The molecule has 0 bridgehead atoms. The fourth-order valence-corrected chi connectivity index (χ4v) is 2.95. The first-order chi connectivity index (χ1) is 12.3. The van der Waals surface area contributed by atoms with Gasteiger partial charge in [0.25, 0.3) is 0 Å². The van der Waals surface area contributed by atoms with Crippen LogP contribution in [0.3, 0.4) is 0 Å². The van der Waals surface area contributed by atoms with E-state index in [0.717, 1.165) is 23.3 Å². The van der Waals surface area contributed by atoms with Gasteiger partial charge in [-0.15, -0.1) is 0 Å². The first-order valence-corrected chi connectivity index (χ1v) is 8.12. The van der Waals surface area contributed by atoms with Crippen LogP contribution >= 0.6 is 0 Å². The molecule has 6 heteroatoms. The van der Waals surface area contributed by atoms with Gasteiger partial charge in [-0.3, -0.25) is 4.79 Å². The Hall–Kier alpha value is -3.02. The lowest BCUT2D eigenvalue weighted by molar-refractivity contribution is 0.0524. The van der Waals surface area contributed by atoms with E-state index in [1.807, 2.05) is 26.0 Å². The minimum atomic E-state index is -1.15. The highest BCUT2D eigenvalue weighted by Gasteiger charge is 2.19. The van der Waals surface area contributed by atoms with Gasteiger partial charge in [0.15, 0.2) is 11.6 Å². The van der Waals surface area contributed by atoms with Gasteiger partial charge in [0.05, 0.1) is 17.5 Å². The number of pyridine rings is 1. The van der Waals surface area contributed by atoms with Crippen LogP contribution in [0.25, 0.3) is 16.6 Å². The Bertz CT molecular complexity index is 1090. The largest absolute Gasteiger partial charge is 0.462 e. The number of halogens is 2. The van der Waals surface area contributed by atoms with Gasteiger partial charge in [-0.05, 0) is 38.5 Å². The van der Waals surface area contributed by atoms with E-state index in [-0.39, 0.29) is 23.1 Å². The van der Waals surface area contributed by atoms with Crippen LogP contribution in [0.2, 0.25) is 0 Å². The number of hydrogen-bond donors (Lipinski definition) is 0. The van der Waals surface area contributed by atoms with Crippen molar-refractivity contribution in [3.8, 4) is 5.69 Å². The Kier molecular flexibility index (Phi) is 4.59. The summed E-state index contributed by atoms with van der Waals surface area (Å²) in [6.07, 6.45) is 1.32. The van der Waals surface area contributed by atoms with Crippen molar-refractivity contribution in [2.75, 3.05) is 6.61 Å². The van der Waals surface area contributed by atoms with E-state index in [1.165, 1.54) is 10.8 Å². The molecule has 1 aromatic heterocycles. The minimum absolute atomic E-state index is 0.0885. The topological polar surface area (TPSA) is 48.3 Å². The molecule has 0 aliphatic carbocycles. The van der Waals surface area contributed by atoms with Gasteiger partial charge in [-0.2, -0.15) is 0 Å². The highest BCUT2D eigenvalue weighted by Crippen LogP contribution is 2.23. The summed E-state index contributed by atoms with van der Waals surface area (Å²) >= 11 is 0. The molecule has 26 heavy (non-hydrogen) atoms. The first-order valence-electron chi connectivity index (χ1n) is 8.12. The number of rotatable bonds is 3. The van der Waals surface area contributed by atoms with Gasteiger partial charge in [-0.1, -0.05) is 17.7 Å². The third-order valence-electron chi connectivity index (χ3n) is 4.15. The van der Waals surface area contributed by atoms with Crippen molar-refractivity contribution in [3.05, 3.63) is 75.1 Å². The summed E-state index contributed by atoms with van der Waals surface area (Å²) in [5.74, 6) is -3.02. The third-order valence-corrected chi connectivity index (χ3v) is 4.15. The van der Waals surface area contributed by atoms with Crippen LogP contribution in [-0.2, 0) is 4.74 Å². The molecule has 0 unspecified atom stereocenters. The quantitative estimate of drug-likeness (QED) is 0.664. The Morgan fingerprint density at radius 3 is 2.46 bits per heavy atom. The van der Waals surface area contributed by atoms with Crippen LogP contribution < -0.4 is 5.43 Å². The van der Waals surface area contributed by atoms with Crippen LogP contribution in [0.15, 0.2) is 41.3 Å². The number of esters is 1. The number of nitrogens with zero attached hydrogens (tertiary/aromatic N) is 1. The summed E-state index contributed by atoms with van der Waals surface area (Å²) in [5, 5.41) is -0.0885. The second-order valence-corrected chi connectivity index (χ2v) is 6.04. The lowest BCUT2D eigenvalue weighted by atomic mass is 10.1. The van der Waals surface area contributed by atoms with Gasteiger partial charge >= 0.3 is 5.97 Å². The molecular formula is C20H17F2NO3. The third kappa shape index (κ3) is 2.98. The molecule has 3 aromatic rings. The van der Waals surface area contributed by atoms with Gasteiger partial charge in [-0.25, -0.2) is 13.6 Å².